The minimum absolute atomic E-state index is 0.352. The molecule has 168 valence electrons. The molecule has 3 aromatic carbocycles. The summed E-state index contributed by atoms with van der Waals surface area (Å²) in [7, 11) is 1.49. The van der Waals surface area contributed by atoms with Crippen LogP contribution in [0.25, 0.3) is 28.6 Å². The van der Waals surface area contributed by atoms with E-state index in [0.29, 0.717) is 49.1 Å². The normalized spacial score (nSPS) is 11.3. The lowest BCUT2D eigenvalue weighted by Gasteiger charge is -2.08. The third-order valence-corrected chi connectivity index (χ3v) is 5.82. The van der Waals surface area contributed by atoms with E-state index in [-0.39, 0.29) is 0 Å². The van der Waals surface area contributed by atoms with Gasteiger partial charge in [-0.25, -0.2) is 4.98 Å². The average Bonchev–Trinajstić information content (AvgIpc) is 3.22. The lowest BCUT2D eigenvalue weighted by molar-refractivity contribution is -0.111. The number of hydrogen-bond donors (Lipinski definition) is 1. The molecule has 0 atom stereocenters. The molecule has 33 heavy (non-hydrogen) atoms. The quantitative estimate of drug-likeness (QED) is 0.275. The summed E-state index contributed by atoms with van der Waals surface area (Å²) in [6.45, 7) is 2.09. The lowest BCUT2D eigenvalue weighted by Crippen LogP contribution is -2.08. The SMILES string of the molecule is CCc1ccc2oc(-c3ccc(Cl)c(NC(=O)/C=C/c4cc(Cl)cc(Cl)c4OC)c3)nc2c1. The Hall–Kier alpha value is -2.99. The number of rotatable bonds is 6. The van der Waals surface area contributed by atoms with E-state index in [4.69, 9.17) is 44.0 Å². The highest BCUT2D eigenvalue weighted by Crippen LogP contribution is 2.33. The highest BCUT2D eigenvalue weighted by molar-refractivity contribution is 6.36. The van der Waals surface area contributed by atoms with E-state index in [9.17, 15) is 4.79 Å². The first kappa shape index (κ1) is 23.2. The molecule has 0 spiro atoms. The van der Waals surface area contributed by atoms with Gasteiger partial charge in [-0.05, 0) is 60.5 Å². The molecule has 5 nitrogen and oxygen atoms in total. The van der Waals surface area contributed by atoms with Crippen molar-refractivity contribution in [3.63, 3.8) is 0 Å². The van der Waals surface area contributed by atoms with E-state index in [2.05, 4.69) is 17.2 Å². The second kappa shape index (κ2) is 9.87. The van der Waals surface area contributed by atoms with E-state index in [1.165, 1.54) is 18.7 Å². The molecule has 4 rings (SSSR count). The number of methoxy groups -OCH3 is 1. The molecule has 0 saturated heterocycles. The Labute approximate surface area is 205 Å². The maximum Gasteiger partial charge on any atom is 0.248 e. The van der Waals surface area contributed by atoms with Crippen LogP contribution >= 0.6 is 34.8 Å². The number of nitrogens with zero attached hydrogens (tertiary/aromatic N) is 1. The van der Waals surface area contributed by atoms with Gasteiger partial charge >= 0.3 is 0 Å². The van der Waals surface area contributed by atoms with Gasteiger partial charge in [-0.15, -0.1) is 0 Å². The molecule has 1 heterocycles. The molecule has 4 aromatic rings. The number of aryl methyl sites for hydroxylation is 1. The van der Waals surface area contributed by atoms with Crippen LogP contribution in [-0.4, -0.2) is 18.0 Å². The van der Waals surface area contributed by atoms with E-state index < -0.39 is 5.91 Å². The minimum Gasteiger partial charge on any atom is -0.495 e. The average molecular weight is 502 g/mol. The van der Waals surface area contributed by atoms with Crippen LogP contribution in [0.3, 0.4) is 0 Å². The number of oxazole rings is 1. The van der Waals surface area contributed by atoms with Crippen LogP contribution in [0, 0.1) is 0 Å². The number of carbonyl (C=O) groups is 1. The van der Waals surface area contributed by atoms with Crippen molar-refractivity contribution < 1.29 is 13.9 Å². The lowest BCUT2D eigenvalue weighted by atomic mass is 10.1. The maximum atomic E-state index is 12.6. The van der Waals surface area contributed by atoms with Crippen molar-refractivity contribution in [1.82, 2.24) is 4.98 Å². The van der Waals surface area contributed by atoms with Crippen LogP contribution in [0.1, 0.15) is 18.1 Å². The summed E-state index contributed by atoms with van der Waals surface area (Å²) in [5.41, 5.74) is 4.34. The Morgan fingerprint density at radius 3 is 2.67 bits per heavy atom. The molecule has 0 radical (unpaired) electrons. The van der Waals surface area contributed by atoms with Crippen LogP contribution in [0.2, 0.25) is 15.1 Å². The van der Waals surface area contributed by atoms with E-state index in [1.807, 2.05) is 18.2 Å². The molecule has 0 aliphatic carbocycles. The number of amides is 1. The molecule has 1 aromatic heterocycles. The molecule has 0 bridgehead atoms. The number of nitrogens with one attached hydrogen (secondary N) is 1. The minimum atomic E-state index is -0.391. The summed E-state index contributed by atoms with van der Waals surface area (Å²) in [6.07, 6.45) is 3.82. The highest BCUT2D eigenvalue weighted by Gasteiger charge is 2.13. The Bertz CT molecular complexity index is 1380. The molecular weight excluding hydrogens is 483 g/mol. The number of ether oxygens (including phenoxy) is 1. The number of fused-ring (bicyclic) bond motifs is 1. The Morgan fingerprint density at radius 1 is 1.09 bits per heavy atom. The Morgan fingerprint density at radius 2 is 1.91 bits per heavy atom. The van der Waals surface area contributed by atoms with Gasteiger partial charge in [-0.2, -0.15) is 0 Å². The molecule has 0 unspecified atom stereocenters. The van der Waals surface area contributed by atoms with Crippen molar-refractivity contribution in [2.45, 2.75) is 13.3 Å². The van der Waals surface area contributed by atoms with Crippen LogP contribution in [-0.2, 0) is 11.2 Å². The fourth-order valence-corrected chi connectivity index (χ4v) is 4.08. The summed E-state index contributed by atoms with van der Waals surface area (Å²) in [4.78, 5) is 17.1. The fraction of sp³-hybridized carbons (Fsp3) is 0.120. The van der Waals surface area contributed by atoms with Crippen molar-refractivity contribution in [1.29, 1.82) is 0 Å². The second-order valence-corrected chi connectivity index (χ2v) is 8.45. The smallest absolute Gasteiger partial charge is 0.248 e. The van der Waals surface area contributed by atoms with Crippen molar-refractivity contribution in [3.05, 3.63) is 80.8 Å². The molecule has 0 saturated carbocycles. The number of carbonyl (C=O) groups excluding carboxylic acids is 1. The van der Waals surface area contributed by atoms with Crippen LogP contribution < -0.4 is 10.1 Å². The topological polar surface area (TPSA) is 64.4 Å². The van der Waals surface area contributed by atoms with Gasteiger partial charge in [0.1, 0.15) is 11.3 Å². The molecule has 0 fully saturated rings. The summed E-state index contributed by atoms with van der Waals surface area (Å²) >= 11 is 18.5. The van der Waals surface area contributed by atoms with Gasteiger partial charge in [-0.3, -0.25) is 4.79 Å². The summed E-state index contributed by atoms with van der Waals surface area (Å²) in [5, 5.41) is 3.94. The van der Waals surface area contributed by atoms with E-state index >= 15 is 0 Å². The zero-order valence-corrected chi connectivity index (χ0v) is 20.1. The van der Waals surface area contributed by atoms with Gasteiger partial charge in [0.2, 0.25) is 11.8 Å². The van der Waals surface area contributed by atoms with Crippen LogP contribution in [0.5, 0.6) is 5.75 Å². The maximum absolute atomic E-state index is 12.6. The Kier molecular flexibility index (Phi) is 6.94. The van der Waals surface area contributed by atoms with Gasteiger partial charge in [0.05, 0.1) is 22.8 Å². The summed E-state index contributed by atoms with van der Waals surface area (Å²) in [5.74, 6) is 0.476. The molecule has 8 heteroatoms. The number of benzene rings is 3. The van der Waals surface area contributed by atoms with Gasteiger partial charge in [0.25, 0.3) is 0 Å². The highest BCUT2D eigenvalue weighted by atomic mass is 35.5. The monoisotopic (exact) mass is 500 g/mol. The number of aromatic nitrogens is 1. The third kappa shape index (κ3) is 5.17. The molecule has 0 aliphatic heterocycles. The second-order valence-electron chi connectivity index (χ2n) is 7.20. The van der Waals surface area contributed by atoms with Crippen molar-refractivity contribution in [2.24, 2.45) is 0 Å². The molecule has 1 N–H and O–H groups in total. The number of anilines is 1. The molecule has 0 aliphatic rings. The zero-order chi connectivity index (χ0) is 23.5. The standard InChI is InChI=1S/C25H19Cl3N2O3/c1-3-14-4-8-22-21(10-14)30-25(33-22)16-5-7-18(27)20(12-16)29-23(31)9-6-15-11-17(26)13-19(28)24(15)32-2/h4-13H,3H2,1-2H3,(H,29,31)/b9-6+. The fourth-order valence-electron chi connectivity index (χ4n) is 3.33. The first-order valence-corrected chi connectivity index (χ1v) is 11.2. The van der Waals surface area contributed by atoms with Crippen LogP contribution in [0.15, 0.2) is 59.0 Å². The van der Waals surface area contributed by atoms with Gasteiger partial charge in [0, 0.05) is 22.2 Å². The van der Waals surface area contributed by atoms with Crippen molar-refractivity contribution >= 4 is 63.6 Å². The largest absolute Gasteiger partial charge is 0.495 e. The predicted octanol–water partition coefficient (Wildman–Crippen LogP) is 7.68. The summed E-state index contributed by atoms with van der Waals surface area (Å²) in [6, 6.07) is 14.3. The van der Waals surface area contributed by atoms with Crippen LogP contribution in [0.4, 0.5) is 5.69 Å². The number of hydrogen-bond acceptors (Lipinski definition) is 4. The number of halogens is 3. The van der Waals surface area contributed by atoms with Gasteiger partial charge < -0.3 is 14.5 Å². The van der Waals surface area contributed by atoms with Gasteiger partial charge in [-0.1, -0.05) is 47.8 Å². The zero-order valence-electron chi connectivity index (χ0n) is 17.8. The summed E-state index contributed by atoms with van der Waals surface area (Å²) < 4.78 is 11.2. The molecule has 1 amide bonds. The predicted molar refractivity (Wildman–Crippen MR) is 135 cm³/mol. The Balaban J connectivity index is 1.58. The van der Waals surface area contributed by atoms with Crippen molar-refractivity contribution in [3.8, 4) is 17.2 Å². The van der Waals surface area contributed by atoms with Gasteiger partial charge in [0.15, 0.2) is 5.58 Å². The third-order valence-electron chi connectivity index (χ3n) is 4.99. The first-order chi connectivity index (χ1) is 15.9. The first-order valence-electron chi connectivity index (χ1n) is 10.1. The van der Waals surface area contributed by atoms with E-state index in [1.54, 1.807) is 36.4 Å². The van der Waals surface area contributed by atoms with E-state index in [0.717, 1.165) is 11.9 Å². The van der Waals surface area contributed by atoms with Crippen molar-refractivity contribution in [2.75, 3.05) is 12.4 Å². The molecular formula is C25H19Cl3N2O3.